The smallest absolute Gasteiger partial charge is 0.226 e. The lowest BCUT2D eigenvalue weighted by atomic mass is 9.92. The molecule has 0 atom stereocenters. The maximum absolute atomic E-state index is 11.9. The average Bonchev–Trinajstić information content (AvgIpc) is 2.31. The second kappa shape index (κ2) is 6.50. The highest BCUT2D eigenvalue weighted by atomic mass is 32.2. The van der Waals surface area contributed by atoms with Crippen LogP contribution in [0.4, 0.5) is 0 Å². The second-order valence-electron chi connectivity index (χ2n) is 4.86. The Morgan fingerprint density at radius 2 is 1.81 bits per heavy atom. The van der Waals surface area contributed by atoms with Gasteiger partial charge in [-0.1, -0.05) is 13.8 Å². The monoisotopic (exact) mass is 246 g/mol. The molecule has 0 fully saturated rings. The quantitative estimate of drug-likeness (QED) is 0.722. The highest BCUT2D eigenvalue weighted by molar-refractivity contribution is 8.00. The molecule has 0 aromatic heterocycles. The van der Waals surface area contributed by atoms with E-state index in [-0.39, 0.29) is 10.7 Å². The van der Waals surface area contributed by atoms with E-state index >= 15 is 0 Å². The van der Waals surface area contributed by atoms with Gasteiger partial charge in [-0.15, -0.1) is 0 Å². The third-order valence-electron chi connectivity index (χ3n) is 3.42. The lowest BCUT2D eigenvalue weighted by Gasteiger charge is -2.31. The molecule has 0 heterocycles. The van der Waals surface area contributed by atoms with Gasteiger partial charge in [0.25, 0.3) is 0 Å². The molecule has 96 valence electrons. The van der Waals surface area contributed by atoms with Gasteiger partial charge in [0.2, 0.25) is 5.91 Å². The van der Waals surface area contributed by atoms with Gasteiger partial charge in [0.1, 0.15) is 0 Å². The van der Waals surface area contributed by atoms with E-state index in [9.17, 15) is 4.79 Å². The van der Waals surface area contributed by atoms with Crippen molar-refractivity contribution in [1.29, 1.82) is 0 Å². The lowest BCUT2D eigenvalue weighted by Crippen LogP contribution is -2.47. The number of hydrogen-bond acceptors (Lipinski definition) is 3. The van der Waals surface area contributed by atoms with E-state index < -0.39 is 5.41 Å². The van der Waals surface area contributed by atoms with Crippen molar-refractivity contribution in [2.24, 2.45) is 11.1 Å². The maximum atomic E-state index is 11.9. The molecule has 0 bridgehead atoms. The van der Waals surface area contributed by atoms with Crippen LogP contribution < -0.4 is 11.1 Å². The van der Waals surface area contributed by atoms with Crippen LogP contribution >= 0.6 is 11.8 Å². The third-order valence-corrected chi connectivity index (χ3v) is 5.01. The molecule has 0 aliphatic carbocycles. The molecule has 16 heavy (non-hydrogen) atoms. The van der Waals surface area contributed by atoms with Gasteiger partial charge in [-0.3, -0.25) is 4.79 Å². The molecule has 0 rings (SSSR count). The van der Waals surface area contributed by atoms with Gasteiger partial charge in [0, 0.05) is 17.8 Å². The highest BCUT2D eigenvalue weighted by Crippen LogP contribution is 2.29. The van der Waals surface area contributed by atoms with Crippen LogP contribution in [-0.4, -0.2) is 30.0 Å². The Kier molecular flexibility index (Phi) is 6.41. The number of carbonyl (C=O) groups excluding carboxylic acids is 1. The summed E-state index contributed by atoms with van der Waals surface area (Å²) in [5.41, 5.74) is 5.11. The Labute approximate surface area is 104 Å². The molecule has 4 heteroatoms. The van der Waals surface area contributed by atoms with Crippen molar-refractivity contribution in [2.45, 2.75) is 45.3 Å². The molecule has 0 saturated heterocycles. The fourth-order valence-corrected chi connectivity index (χ4v) is 2.23. The largest absolute Gasteiger partial charge is 0.354 e. The molecule has 0 saturated carbocycles. The molecule has 0 aromatic rings. The zero-order valence-electron chi connectivity index (χ0n) is 11.2. The Bertz CT molecular complexity index is 217. The molecule has 0 aliphatic heterocycles. The molecule has 3 nitrogen and oxygen atoms in total. The number of hydrogen-bond donors (Lipinski definition) is 2. The van der Waals surface area contributed by atoms with E-state index in [1.165, 1.54) is 0 Å². The minimum absolute atomic E-state index is 0.0512. The van der Waals surface area contributed by atoms with Gasteiger partial charge < -0.3 is 11.1 Å². The minimum Gasteiger partial charge on any atom is -0.354 e. The molecule has 0 unspecified atom stereocenters. The van der Waals surface area contributed by atoms with Crippen LogP contribution in [0, 0.1) is 5.41 Å². The molecule has 1 amide bonds. The molecule has 0 aromatic carbocycles. The molecular weight excluding hydrogens is 220 g/mol. The van der Waals surface area contributed by atoms with Crippen molar-refractivity contribution in [2.75, 3.05) is 19.3 Å². The van der Waals surface area contributed by atoms with Crippen LogP contribution in [0.1, 0.15) is 40.5 Å². The predicted octanol–water partition coefficient (Wildman–Crippen LogP) is 2.01. The van der Waals surface area contributed by atoms with Crippen molar-refractivity contribution in [1.82, 2.24) is 5.32 Å². The van der Waals surface area contributed by atoms with E-state index in [2.05, 4.69) is 25.4 Å². The summed E-state index contributed by atoms with van der Waals surface area (Å²) >= 11 is 1.83. The first-order chi connectivity index (χ1) is 7.37. The Morgan fingerprint density at radius 1 is 1.31 bits per heavy atom. The van der Waals surface area contributed by atoms with Crippen LogP contribution in [0.25, 0.3) is 0 Å². The summed E-state index contributed by atoms with van der Waals surface area (Å²) in [4.78, 5) is 11.9. The van der Waals surface area contributed by atoms with Gasteiger partial charge in [0.05, 0.1) is 5.41 Å². The lowest BCUT2D eigenvalue weighted by molar-refractivity contribution is -0.128. The molecule has 0 aliphatic rings. The fourth-order valence-electron chi connectivity index (χ4n) is 1.43. The van der Waals surface area contributed by atoms with Gasteiger partial charge >= 0.3 is 0 Å². The van der Waals surface area contributed by atoms with E-state index in [0.717, 1.165) is 19.4 Å². The third kappa shape index (κ3) is 3.98. The average molecular weight is 246 g/mol. The Balaban J connectivity index is 4.38. The summed E-state index contributed by atoms with van der Waals surface area (Å²) in [6.45, 7) is 9.19. The number of nitrogens with two attached hydrogens (primary N) is 1. The number of carbonyl (C=O) groups is 1. The first-order valence-corrected chi connectivity index (χ1v) is 7.13. The Hall–Kier alpha value is -0.220. The van der Waals surface area contributed by atoms with Crippen LogP contribution in [0.3, 0.4) is 0 Å². The normalized spacial score (nSPS) is 12.6. The second-order valence-corrected chi connectivity index (χ2v) is 6.14. The van der Waals surface area contributed by atoms with E-state index in [4.69, 9.17) is 5.73 Å². The van der Waals surface area contributed by atoms with Gasteiger partial charge in [-0.25, -0.2) is 0 Å². The number of rotatable bonds is 7. The number of nitrogens with one attached hydrogen (secondary N) is 1. The highest BCUT2D eigenvalue weighted by Gasteiger charge is 2.30. The zero-order chi connectivity index (χ0) is 12.8. The SMILES string of the molecule is CCC(CC)(CNC(=O)C(C)(C)CN)SC. The maximum Gasteiger partial charge on any atom is 0.226 e. The summed E-state index contributed by atoms with van der Waals surface area (Å²) in [5.74, 6) is 0.0512. The first kappa shape index (κ1) is 15.8. The predicted molar refractivity (Wildman–Crippen MR) is 72.7 cm³/mol. The van der Waals surface area contributed by atoms with Crippen molar-refractivity contribution in [3.63, 3.8) is 0 Å². The van der Waals surface area contributed by atoms with E-state index in [1.54, 1.807) is 0 Å². The van der Waals surface area contributed by atoms with Crippen molar-refractivity contribution in [3.8, 4) is 0 Å². The summed E-state index contributed by atoms with van der Waals surface area (Å²) in [5, 5.41) is 3.03. The topological polar surface area (TPSA) is 55.1 Å². The van der Waals surface area contributed by atoms with Crippen molar-refractivity contribution >= 4 is 17.7 Å². The van der Waals surface area contributed by atoms with Gasteiger partial charge in [-0.05, 0) is 32.9 Å². The number of amides is 1. The molecule has 3 N–H and O–H groups in total. The van der Waals surface area contributed by atoms with Gasteiger partial charge in [-0.2, -0.15) is 11.8 Å². The van der Waals surface area contributed by atoms with Crippen molar-refractivity contribution < 1.29 is 4.79 Å². The van der Waals surface area contributed by atoms with Crippen LogP contribution in [-0.2, 0) is 4.79 Å². The van der Waals surface area contributed by atoms with Gasteiger partial charge in [0.15, 0.2) is 0 Å². The molecule has 0 radical (unpaired) electrons. The summed E-state index contributed by atoms with van der Waals surface area (Å²) in [6, 6.07) is 0. The standard InChI is InChI=1S/C12H26N2OS/c1-6-12(7-2,16-5)9-14-10(15)11(3,4)8-13/h6-9,13H2,1-5H3,(H,14,15). The summed E-state index contributed by atoms with van der Waals surface area (Å²) < 4.78 is 0.167. The van der Waals surface area contributed by atoms with Crippen LogP contribution in [0.2, 0.25) is 0 Å². The minimum atomic E-state index is -0.467. The summed E-state index contributed by atoms with van der Waals surface area (Å²) in [7, 11) is 0. The van der Waals surface area contributed by atoms with E-state index in [1.807, 2.05) is 25.6 Å². The molecule has 0 spiro atoms. The molecular formula is C12H26N2OS. The Morgan fingerprint density at radius 3 is 2.12 bits per heavy atom. The summed E-state index contributed by atoms with van der Waals surface area (Å²) in [6.07, 6.45) is 4.23. The van der Waals surface area contributed by atoms with E-state index in [0.29, 0.717) is 6.54 Å². The fraction of sp³-hybridized carbons (Fsp3) is 0.917. The first-order valence-electron chi connectivity index (χ1n) is 5.91. The zero-order valence-corrected chi connectivity index (χ0v) is 12.0. The van der Waals surface area contributed by atoms with Crippen LogP contribution in [0.15, 0.2) is 0 Å². The van der Waals surface area contributed by atoms with Crippen molar-refractivity contribution in [3.05, 3.63) is 0 Å². The van der Waals surface area contributed by atoms with Crippen LogP contribution in [0.5, 0.6) is 0 Å². The number of thioether (sulfide) groups is 1.